The highest BCUT2D eigenvalue weighted by molar-refractivity contribution is 9.10. The van der Waals surface area contributed by atoms with E-state index in [1.54, 1.807) is 0 Å². The van der Waals surface area contributed by atoms with E-state index in [0.717, 1.165) is 55.1 Å². The predicted octanol–water partition coefficient (Wildman–Crippen LogP) is 4.19. The molecule has 3 nitrogen and oxygen atoms in total. The van der Waals surface area contributed by atoms with Gasteiger partial charge in [0.1, 0.15) is 11.5 Å². The first-order valence-electron chi connectivity index (χ1n) is 7.78. The van der Waals surface area contributed by atoms with Crippen molar-refractivity contribution >= 4 is 15.9 Å². The number of aryl methyl sites for hydroxylation is 1. The van der Waals surface area contributed by atoms with Gasteiger partial charge in [-0.3, -0.25) is 0 Å². The number of ether oxygens (including phenoxy) is 1. The van der Waals surface area contributed by atoms with Crippen molar-refractivity contribution in [2.45, 2.75) is 31.7 Å². The minimum atomic E-state index is 0.143. The average Bonchev–Trinajstić information content (AvgIpc) is 2.94. The number of furan rings is 1. The summed E-state index contributed by atoms with van der Waals surface area (Å²) in [5, 5.41) is 3.58. The zero-order chi connectivity index (χ0) is 15.4. The molecule has 3 rings (SSSR count). The van der Waals surface area contributed by atoms with E-state index in [1.165, 1.54) is 5.56 Å². The maximum Gasteiger partial charge on any atom is 0.117 e. The largest absolute Gasteiger partial charge is 0.465 e. The van der Waals surface area contributed by atoms with Gasteiger partial charge >= 0.3 is 0 Å². The number of hydrogen-bond acceptors (Lipinski definition) is 3. The molecule has 0 saturated carbocycles. The van der Waals surface area contributed by atoms with Crippen LogP contribution >= 0.6 is 15.9 Å². The monoisotopic (exact) mass is 363 g/mol. The van der Waals surface area contributed by atoms with Gasteiger partial charge in [0.15, 0.2) is 0 Å². The highest BCUT2D eigenvalue weighted by Gasteiger charge is 2.34. The van der Waals surface area contributed by atoms with E-state index in [-0.39, 0.29) is 5.41 Å². The molecule has 1 aliphatic rings. The molecule has 0 unspecified atom stereocenters. The summed E-state index contributed by atoms with van der Waals surface area (Å²) in [6.45, 7) is 5.34. The number of nitrogens with one attached hydrogen (secondary N) is 1. The molecule has 1 aromatic carbocycles. The molecule has 118 valence electrons. The SMILES string of the molecule is Cc1ccc(CNCC2(c3cccc(Br)c3)CCOCC2)o1. The minimum absolute atomic E-state index is 0.143. The van der Waals surface area contributed by atoms with Gasteiger partial charge in [0.25, 0.3) is 0 Å². The first kappa shape index (κ1) is 15.8. The topological polar surface area (TPSA) is 34.4 Å². The predicted molar refractivity (Wildman–Crippen MR) is 91.0 cm³/mol. The lowest BCUT2D eigenvalue weighted by Gasteiger charge is -2.38. The molecule has 0 amide bonds. The molecule has 1 saturated heterocycles. The lowest BCUT2D eigenvalue weighted by Crippen LogP contribution is -2.42. The standard InChI is InChI=1S/C18H22BrNO2/c1-14-5-6-17(22-14)12-20-13-18(7-9-21-10-8-18)15-3-2-4-16(19)11-15/h2-6,11,20H,7-10,12-13H2,1H3. The number of rotatable bonds is 5. The summed E-state index contributed by atoms with van der Waals surface area (Å²) in [6, 6.07) is 12.7. The van der Waals surface area contributed by atoms with E-state index in [4.69, 9.17) is 9.15 Å². The van der Waals surface area contributed by atoms with Gasteiger partial charge in [0.05, 0.1) is 6.54 Å². The Balaban J connectivity index is 1.72. The first-order valence-corrected chi connectivity index (χ1v) is 8.57. The molecule has 1 fully saturated rings. The summed E-state index contributed by atoms with van der Waals surface area (Å²) >= 11 is 3.59. The van der Waals surface area contributed by atoms with Crippen molar-refractivity contribution < 1.29 is 9.15 Å². The third kappa shape index (κ3) is 3.62. The van der Waals surface area contributed by atoms with Crippen LogP contribution in [0, 0.1) is 6.92 Å². The molecule has 0 aliphatic carbocycles. The lowest BCUT2D eigenvalue weighted by atomic mass is 9.74. The maximum absolute atomic E-state index is 5.64. The smallest absolute Gasteiger partial charge is 0.117 e. The summed E-state index contributed by atoms with van der Waals surface area (Å²) in [6.07, 6.45) is 2.10. The highest BCUT2D eigenvalue weighted by atomic mass is 79.9. The van der Waals surface area contributed by atoms with Crippen molar-refractivity contribution in [3.8, 4) is 0 Å². The van der Waals surface area contributed by atoms with Crippen molar-refractivity contribution in [3.63, 3.8) is 0 Å². The second kappa shape index (κ2) is 6.99. The van der Waals surface area contributed by atoms with Gasteiger partial charge in [-0.05, 0) is 49.6 Å². The second-order valence-electron chi connectivity index (χ2n) is 6.02. The van der Waals surface area contributed by atoms with Gasteiger partial charge < -0.3 is 14.5 Å². The van der Waals surface area contributed by atoms with Crippen LogP contribution in [0.2, 0.25) is 0 Å². The molecule has 0 bridgehead atoms. The van der Waals surface area contributed by atoms with Crippen LogP contribution in [0.15, 0.2) is 45.3 Å². The van der Waals surface area contributed by atoms with Gasteiger partial charge in [0.2, 0.25) is 0 Å². The van der Waals surface area contributed by atoms with Crippen LogP contribution in [0.3, 0.4) is 0 Å². The number of halogens is 1. The van der Waals surface area contributed by atoms with Crippen LogP contribution in [-0.4, -0.2) is 19.8 Å². The molecule has 1 aliphatic heterocycles. The van der Waals surface area contributed by atoms with E-state index < -0.39 is 0 Å². The van der Waals surface area contributed by atoms with E-state index in [9.17, 15) is 0 Å². The molecular weight excluding hydrogens is 342 g/mol. The Hall–Kier alpha value is -1.10. The Kier molecular flexibility index (Phi) is 5.01. The summed E-state index contributed by atoms with van der Waals surface area (Å²) in [4.78, 5) is 0. The second-order valence-corrected chi connectivity index (χ2v) is 6.93. The molecule has 0 radical (unpaired) electrons. The Bertz CT molecular complexity index is 617. The van der Waals surface area contributed by atoms with Gasteiger partial charge in [0, 0.05) is 29.6 Å². The minimum Gasteiger partial charge on any atom is -0.465 e. The fraction of sp³-hybridized carbons (Fsp3) is 0.444. The van der Waals surface area contributed by atoms with Crippen molar-refractivity contribution in [1.82, 2.24) is 5.32 Å². The molecule has 0 atom stereocenters. The maximum atomic E-state index is 5.64. The highest BCUT2D eigenvalue weighted by Crippen LogP contribution is 2.35. The fourth-order valence-electron chi connectivity index (χ4n) is 3.15. The van der Waals surface area contributed by atoms with Crippen LogP contribution in [0.1, 0.15) is 29.9 Å². The molecule has 2 aromatic rings. The fourth-order valence-corrected chi connectivity index (χ4v) is 3.55. The third-order valence-corrected chi connectivity index (χ3v) is 4.94. The van der Waals surface area contributed by atoms with Crippen LogP contribution in [0.4, 0.5) is 0 Å². The Labute approximate surface area is 140 Å². The first-order chi connectivity index (χ1) is 10.7. The van der Waals surface area contributed by atoms with Crippen LogP contribution in [0.5, 0.6) is 0 Å². The van der Waals surface area contributed by atoms with Gasteiger partial charge in [-0.1, -0.05) is 28.1 Å². The van der Waals surface area contributed by atoms with Gasteiger partial charge in [-0.15, -0.1) is 0 Å². The lowest BCUT2D eigenvalue weighted by molar-refractivity contribution is 0.0496. The van der Waals surface area contributed by atoms with Crippen molar-refractivity contribution in [2.24, 2.45) is 0 Å². The van der Waals surface area contributed by atoms with Crippen molar-refractivity contribution in [1.29, 1.82) is 0 Å². The Morgan fingerprint density at radius 2 is 2.00 bits per heavy atom. The molecule has 1 N–H and O–H groups in total. The molecule has 4 heteroatoms. The summed E-state index contributed by atoms with van der Waals surface area (Å²) in [5.74, 6) is 1.96. The zero-order valence-electron chi connectivity index (χ0n) is 12.9. The van der Waals surface area contributed by atoms with E-state index in [0.29, 0.717) is 0 Å². The van der Waals surface area contributed by atoms with Crippen molar-refractivity contribution in [2.75, 3.05) is 19.8 Å². The van der Waals surface area contributed by atoms with E-state index >= 15 is 0 Å². The summed E-state index contributed by atoms with van der Waals surface area (Å²) in [5.41, 5.74) is 1.53. The van der Waals surface area contributed by atoms with Gasteiger partial charge in [-0.25, -0.2) is 0 Å². The number of hydrogen-bond donors (Lipinski definition) is 1. The third-order valence-electron chi connectivity index (χ3n) is 4.45. The quantitative estimate of drug-likeness (QED) is 0.864. The van der Waals surface area contributed by atoms with Crippen LogP contribution in [0.25, 0.3) is 0 Å². The summed E-state index contributed by atoms with van der Waals surface area (Å²) < 4.78 is 12.4. The van der Waals surface area contributed by atoms with E-state index in [2.05, 4.69) is 45.5 Å². The van der Waals surface area contributed by atoms with E-state index in [1.807, 2.05) is 19.1 Å². The summed E-state index contributed by atoms with van der Waals surface area (Å²) in [7, 11) is 0. The van der Waals surface area contributed by atoms with Crippen molar-refractivity contribution in [3.05, 3.63) is 58.0 Å². The van der Waals surface area contributed by atoms with Crippen LogP contribution < -0.4 is 5.32 Å². The van der Waals surface area contributed by atoms with Gasteiger partial charge in [-0.2, -0.15) is 0 Å². The molecule has 0 spiro atoms. The normalized spacial score (nSPS) is 17.5. The Morgan fingerprint density at radius 3 is 2.68 bits per heavy atom. The van der Waals surface area contributed by atoms with Crippen LogP contribution in [-0.2, 0) is 16.7 Å². The molecule has 22 heavy (non-hydrogen) atoms. The molecule has 1 aromatic heterocycles. The Morgan fingerprint density at radius 1 is 1.18 bits per heavy atom. The molecule has 2 heterocycles. The zero-order valence-corrected chi connectivity index (χ0v) is 14.5. The molecular formula is C18H22BrNO2. The number of benzene rings is 1. The average molecular weight is 364 g/mol.